The summed E-state index contributed by atoms with van der Waals surface area (Å²) in [6.45, 7) is 4.41. The Morgan fingerprint density at radius 2 is 1.84 bits per heavy atom. The van der Waals surface area contributed by atoms with Crippen molar-refractivity contribution in [1.29, 1.82) is 0 Å². The molecule has 0 aromatic carbocycles. The number of hydrogen-bond acceptors (Lipinski definition) is 4. The molecule has 138 valence electrons. The topological polar surface area (TPSA) is 70.6 Å². The summed E-state index contributed by atoms with van der Waals surface area (Å²) in [5.74, 6) is 0.426. The van der Waals surface area contributed by atoms with Crippen molar-refractivity contribution < 1.29 is 13.2 Å². The maximum Gasteiger partial charge on any atom is 0.222 e. The summed E-state index contributed by atoms with van der Waals surface area (Å²) in [5, 5.41) is 0. The van der Waals surface area contributed by atoms with Gasteiger partial charge in [-0.2, -0.15) is 0 Å². The first-order chi connectivity index (χ1) is 11.9. The molecule has 1 aromatic heterocycles. The van der Waals surface area contributed by atoms with Crippen LogP contribution in [0.1, 0.15) is 44.6 Å². The molecule has 0 atom stereocenters. The molecular formula is C18H27N3O3S. The number of pyridine rings is 1. The molecule has 7 heteroatoms. The number of piperidine rings is 2. The molecule has 1 aromatic rings. The number of amides is 1. The highest BCUT2D eigenvalue weighted by Gasteiger charge is 2.42. The van der Waals surface area contributed by atoms with E-state index >= 15 is 0 Å². The van der Waals surface area contributed by atoms with E-state index in [2.05, 4.69) is 4.98 Å². The second-order valence-electron chi connectivity index (χ2n) is 7.32. The lowest BCUT2D eigenvalue weighted by Gasteiger charge is -2.47. The number of hydrogen-bond donors (Lipinski definition) is 0. The Labute approximate surface area is 150 Å². The summed E-state index contributed by atoms with van der Waals surface area (Å²) in [6.07, 6.45) is 7.27. The van der Waals surface area contributed by atoms with Crippen molar-refractivity contribution in [3.05, 3.63) is 30.1 Å². The molecule has 0 saturated carbocycles. The molecular weight excluding hydrogens is 338 g/mol. The number of sulfonamides is 1. The van der Waals surface area contributed by atoms with Crippen LogP contribution in [-0.2, 0) is 21.4 Å². The minimum Gasteiger partial charge on any atom is -0.338 e. The predicted octanol–water partition coefficient (Wildman–Crippen LogP) is 2.03. The molecule has 3 heterocycles. The normalized spacial score (nSPS) is 21.6. The number of nitrogens with zero attached hydrogens (tertiary/aromatic N) is 3. The van der Waals surface area contributed by atoms with Crippen molar-refractivity contribution in [3.63, 3.8) is 0 Å². The van der Waals surface area contributed by atoms with Gasteiger partial charge in [0.05, 0.1) is 5.75 Å². The molecule has 3 rings (SSSR count). The smallest absolute Gasteiger partial charge is 0.222 e. The Balaban J connectivity index is 1.64. The van der Waals surface area contributed by atoms with Gasteiger partial charge in [0.1, 0.15) is 0 Å². The van der Waals surface area contributed by atoms with E-state index in [1.165, 1.54) is 0 Å². The second kappa shape index (κ2) is 7.41. The van der Waals surface area contributed by atoms with Gasteiger partial charge in [-0.05, 0) is 48.8 Å². The molecule has 1 amide bonds. The van der Waals surface area contributed by atoms with Gasteiger partial charge < -0.3 is 4.90 Å². The summed E-state index contributed by atoms with van der Waals surface area (Å²) in [5.41, 5.74) is 1.16. The van der Waals surface area contributed by atoms with E-state index in [0.29, 0.717) is 32.5 Å². The lowest BCUT2D eigenvalue weighted by Crippen LogP contribution is -2.52. The first-order valence-electron chi connectivity index (χ1n) is 9.09. The minimum atomic E-state index is -3.12. The van der Waals surface area contributed by atoms with Crippen LogP contribution in [0.4, 0.5) is 0 Å². The van der Waals surface area contributed by atoms with Crippen LogP contribution in [0, 0.1) is 5.41 Å². The van der Waals surface area contributed by atoms with Gasteiger partial charge in [0.15, 0.2) is 0 Å². The molecule has 2 saturated heterocycles. The number of rotatable bonds is 5. The zero-order valence-electron chi connectivity index (χ0n) is 14.9. The Bertz CT molecular complexity index is 698. The van der Waals surface area contributed by atoms with Gasteiger partial charge in [-0.1, -0.05) is 6.92 Å². The minimum absolute atomic E-state index is 0.0686. The highest BCUT2D eigenvalue weighted by Crippen LogP contribution is 2.41. The van der Waals surface area contributed by atoms with E-state index in [1.54, 1.807) is 16.7 Å². The van der Waals surface area contributed by atoms with E-state index in [1.807, 2.05) is 24.0 Å². The van der Waals surface area contributed by atoms with Crippen LogP contribution in [0.5, 0.6) is 0 Å². The summed E-state index contributed by atoms with van der Waals surface area (Å²) in [6, 6.07) is 3.88. The van der Waals surface area contributed by atoms with Crippen molar-refractivity contribution in [2.75, 3.05) is 25.4 Å². The lowest BCUT2D eigenvalue weighted by molar-refractivity contribution is -0.139. The van der Waals surface area contributed by atoms with Gasteiger partial charge in [-0.15, -0.1) is 0 Å². The van der Waals surface area contributed by atoms with Crippen LogP contribution in [-0.4, -0.2) is 53.9 Å². The average molecular weight is 365 g/mol. The molecule has 0 unspecified atom stereocenters. The van der Waals surface area contributed by atoms with E-state index in [9.17, 15) is 13.2 Å². The van der Waals surface area contributed by atoms with Crippen LogP contribution in [0.2, 0.25) is 0 Å². The zero-order valence-corrected chi connectivity index (χ0v) is 15.7. The molecule has 0 N–H and O–H groups in total. The molecule has 0 radical (unpaired) electrons. The van der Waals surface area contributed by atoms with Gasteiger partial charge in [0.25, 0.3) is 0 Å². The third-order valence-electron chi connectivity index (χ3n) is 5.51. The SMILES string of the molecule is CCCS(=O)(=O)N1CCC2(CCC(=O)N(Cc3ccncc3)C2)CC1. The maximum atomic E-state index is 12.3. The number of aromatic nitrogens is 1. The quantitative estimate of drug-likeness (QED) is 0.800. The number of carbonyl (C=O) groups is 1. The highest BCUT2D eigenvalue weighted by atomic mass is 32.2. The van der Waals surface area contributed by atoms with Gasteiger partial charge in [0.2, 0.25) is 15.9 Å². The average Bonchev–Trinajstić information content (AvgIpc) is 2.60. The van der Waals surface area contributed by atoms with Crippen molar-refractivity contribution in [1.82, 2.24) is 14.2 Å². The predicted molar refractivity (Wildman–Crippen MR) is 96.2 cm³/mol. The number of likely N-dealkylation sites (tertiary alicyclic amines) is 1. The molecule has 2 aliphatic heterocycles. The first kappa shape index (κ1) is 18.3. The molecule has 2 aliphatic rings. The van der Waals surface area contributed by atoms with Gasteiger partial charge in [-0.25, -0.2) is 12.7 Å². The first-order valence-corrected chi connectivity index (χ1v) is 10.7. The molecule has 0 aliphatic carbocycles. The van der Waals surface area contributed by atoms with Crippen molar-refractivity contribution in [2.24, 2.45) is 5.41 Å². The van der Waals surface area contributed by atoms with Crippen molar-refractivity contribution in [2.45, 2.75) is 45.6 Å². The number of carbonyl (C=O) groups excluding carboxylic acids is 1. The zero-order chi connectivity index (χ0) is 17.9. The summed E-state index contributed by atoms with van der Waals surface area (Å²) in [7, 11) is -3.12. The third-order valence-corrected chi connectivity index (χ3v) is 7.59. The van der Waals surface area contributed by atoms with Gasteiger partial charge in [0, 0.05) is 45.0 Å². The Hall–Kier alpha value is -1.47. The lowest BCUT2D eigenvalue weighted by atomic mass is 9.72. The molecule has 25 heavy (non-hydrogen) atoms. The highest BCUT2D eigenvalue weighted by molar-refractivity contribution is 7.89. The molecule has 2 fully saturated rings. The van der Waals surface area contributed by atoms with Crippen LogP contribution in [0.15, 0.2) is 24.5 Å². The maximum absolute atomic E-state index is 12.3. The Morgan fingerprint density at radius 1 is 1.16 bits per heavy atom. The summed E-state index contributed by atoms with van der Waals surface area (Å²) < 4.78 is 26.2. The standard InChI is InChI=1S/C18H27N3O3S/c1-2-13-25(23,24)21-11-7-18(8-12-21)6-3-17(22)20(15-18)14-16-4-9-19-10-5-16/h4-5,9-10H,2-3,6-8,11-15H2,1H3. The van der Waals surface area contributed by atoms with E-state index in [4.69, 9.17) is 0 Å². The van der Waals surface area contributed by atoms with E-state index in [-0.39, 0.29) is 17.1 Å². The largest absolute Gasteiger partial charge is 0.338 e. The van der Waals surface area contributed by atoms with E-state index in [0.717, 1.165) is 31.4 Å². The molecule has 1 spiro atoms. The van der Waals surface area contributed by atoms with Crippen LogP contribution in [0.3, 0.4) is 0 Å². The van der Waals surface area contributed by atoms with Crippen molar-refractivity contribution in [3.8, 4) is 0 Å². The summed E-state index contributed by atoms with van der Waals surface area (Å²) in [4.78, 5) is 18.3. The van der Waals surface area contributed by atoms with Gasteiger partial charge in [-0.3, -0.25) is 9.78 Å². The fraction of sp³-hybridized carbons (Fsp3) is 0.667. The van der Waals surface area contributed by atoms with Crippen LogP contribution >= 0.6 is 0 Å². The second-order valence-corrected chi connectivity index (χ2v) is 9.41. The third kappa shape index (κ3) is 4.20. The Kier molecular flexibility index (Phi) is 5.43. The monoisotopic (exact) mass is 365 g/mol. The van der Waals surface area contributed by atoms with Crippen molar-refractivity contribution >= 4 is 15.9 Å². The van der Waals surface area contributed by atoms with Crippen LogP contribution < -0.4 is 0 Å². The summed E-state index contributed by atoms with van der Waals surface area (Å²) >= 11 is 0. The fourth-order valence-electron chi connectivity index (χ4n) is 3.99. The van der Waals surface area contributed by atoms with E-state index < -0.39 is 10.0 Å². The van der Waals surface area contributed by atoms with Gasteiger partial charge >= 0.3 is 0 Å². The Morgan fingerprint density at radius 3 is 2.48 bits per heavy atom. The fourth-order valence-corrected chi connectivity index (χ4v) is 5.50. The molecule has 6 nitrogen and oxygen atoms in total. The molecule has 0 bridgehead atoms. The van der Waals surface area contributed by atoms with Crippen LogP contribution in [0.25, 0.3) is 0 Å².